The molecular formula is C20H29N5O. The summed E-state index contributed by atoms with van der Waals surface area (Å²) in [5, 5.41) is 10.1. The summed E-state index contributed by atoms with van der Waals surface area (Å²) in [6.45, 7) is 6.55. The summed E-state index contributed by atoms with van der Waals surface area (Å²) in [4.78, 5) is 16.4. The molecule has 2 N–H and O–H groups in total. The number of hydrogen-bond acceptors (Lipinski definition) is 5. The standard InChI is InChI=1S/C20H29N5O/c26-15-18-13-25(14-19-11-22-16-23-19)10-5-20(18)3-8-24(9-4-20)12-17-1-6-21-7-2-17/h1-2,6-7,11,16,18,26H,3-5,8-10,12-15H2,(H,22,23). The summed E-state index contributed by atoms with van der Waals surface area (Å²) in [6.07, 6.45) is 11.0. The molecule has 26 heavy (non-hydrogen) atoms. The Morgan fingerprint density at radius 2 is 1.77 bits per heavy atom. The van der Waals surface area contributed by atoms with Gasteiger partial charge in [0.15, 0.2) is 0 Å². The van der Waals surface area contributed by atoms with Gasteiger partial charge in [0, 0.05) is 56.4 Å². The first-order valence-corrected chi connectivity index (χ1v) is 9.69. The summed E-state index contributed by atoms with van der Waals surface area (Å²) < 4.78 is 0. The maximum atomic E-state index is 10.1. The number of H-pyrrole nitrogens is 1. The molecule has 4 rings (SSSR count). The van der Waals surface area contributed by atoms with E-state index in [0.717, 1.165) is 45.0 Å². The zero-order valence-electron chi connectivity index (χ0n) is 15.3. The van der Waals surface area contributed by atoms with E-state index in [9.17, 15) is 5.11 Å². The number of aliphatic hydroxyl groups is 1. The fraction of sp³-hybridized carbons (Fsp3) is 0.600. The molecule has 2 fully saturated rings. The molecule has 140 valence electrons. The molecule has 1 spiro atoms. The number of aliphatic hydroxyl groups excluding tert-OH is 1. The summed E-state index contributed by atoms with van der Waals surface area (Å²) in [7, 11) is 0. The van der Waals surface area contributed by atoms with E-state index in [-0.39, 0.29) is 0 Å². The first-order valence-electron chi connectivity index (χ1n) is 9.69. The second kappa shape index (κ2) is 7.86. The lowest BCUT2D eigenvalue weighted by Crippen LogP contribution is -2.53. The maximum absolute atomic E-state index is 10.1. The van der Waals surface area contributed by atoms with Crippen molar-refractivity contribution in [1.82, 2.24) is 24.8 Å². The summed E-state index contributed by atoms with van der Waals surface area (Å²) >= 11 is 0. The van der Waals surface area contributed by atoms with Crippen LogP contribution in [-0.4, -0.2) is 62.6 Å². The van der Waals surface area contributed by atoms with E-state index in [2.05, 4.69) is 36.9 Å². The fourth-order valence-electron chi connectivity index (χ4n) is 4.75. The highest BCUT2D eigenvalue weighted by atomic mass is 16.3. The molecular weight excluding hydrogens is 326 g/mol. The Bertz CT molecular complexity index is 667. The molecule has 2 aliphatic rings. The molecule has 2 aromatic rings. The second-order valence-corrected chi connectivity index (χ2v) is 7.94. The molecule has 6 nitrogen and oxygen atoms in total. The topological polar surface area (TPSA) is 68.3 Å². The van der Waals surface area contributed by atoms with Crippen molar-refractivity contribution >= 4 is 0 Å². The molecule has 0 saturated carbocycles. The third-order valence-electron chi connectivity index (χ3n) is 6.45. The Kier molecular flexibility index (Phi) is 5.33. The van der Waals surface area contributed by atoms with Crippen molar-refractivity contribution in [3.8, 4) is 0 Å². The molecule has 4 heterocycles. The minimum Gasteiger partial charge on any atom is -0.396 e. The van der Waals surface area contributed by atoms with Gasteiger partial charge in [-0.2, -0.15) is 0 Å². The largest absolute Gasteiger partial charge is 0.396 e. The van der Waals surface area contributed by atoms with Gasteiger partial charge in [-0.3, -0.25) is 14.8 Å². The lowest BCUT2D eigenvalue weighted by molar-refractivity contribution is -0.0452. The SMILES string of the molecule is OCC1CN(Cc2cnc[nH]2)CCC12CCN(Cc1ccncc1)CC2. The van der Waals surface area contributed by atoms with Crippen LogP contribution in [0.3, 0.4) is 0 Å². The molecule has 0 aromatic carbocycles. The summed E-state index contributed by atoms with van der Waals surface area (Å²) in [5.41, 5.74) is 2.81. The van der Waals surface area contributed by atoms with Crippen LogP contribution >= 0.6 is 0 Å². The van der Waals surface area contributed by atoms with E-state index in [4.69, 9.17) is 0 Å². The average Bonchev–Trinajstić information content (AvgIpc) is 3.19. The van der Waals surface area contributed by atoms with Crippen LogP contribution in [0.2, 0.25) is 0 Å². The average molecular weight is 355 g/mol. The van der Waals surface area contributed by atoms with Crippen LogP contribution in [0.15, 0.2) is 37.1 Å². The van der Waals surface area contributed by atoms with Crippen LogP contribution in [0.5, 0.6) is 0 Å². The van der Waals surface area contributed by atoms with Crippen LogP contribution < -0.4 is 0 Å². The molecule has 0 amide bonds. The normalized spacial score (nSPS) is 24.1. The van der Waals surface area contributed by atoms with Crippen molar-refractivity contribution in [2.45, 2.75) is 32.4 Å². The monoisotopic (exact) mass is 355 g/mol. The van der Waals surface area contributed by atoms with E-state index in [1.165, 1.54) is 24.8 Å². The first kappa shape index (κ1) is 17.6. The van der Waals surface area contributed by atoms with Crippen LogP contribution in [0.4, 0.5) is 0 Å². The van der Waals surface area contributed by atoms with Gasteiger partial charge in [0.05, 0.1) is 6.33 Å². The predicted molar refractivity (Wildman–Crippen MR) is 100 cm³/mol. The van der Waals surface area contributed by atoms with E-state index < -0.39 is 0 Å². The number of piperidine rings is 2. The Labute approximate surface area is 155 Å². The lowest BCUT2D eigenvalue weighted by atomic mass is 9.64. The van der Waals surface area contributed by atoms with E-state index in [1.54, 1.807) is 6.33 Å². The Hall–Kier alpha value is -1.76. The molecule has 2 aliphatic heterocycles. The highest BCUT2D eigenvalue weighted by Crippen LogP contribution is 2.45. The van der Waals surface area contributed by atoms with Gasteiger partial charge in [0.25, 0.3) is 0 Å². The van der Waals surface area contributed by atoms with Crippen LogP contribution in [0, 0.1) is 11.3 Å². The summed E-state index contributed by atoms with van der Waals surface area (Å²) in [6, 6.07) is 4.21. The van der Waals surface area contributed by atoms with Crippen molar-refractivity contribution in [2.75, 3.05) is 32.8 Å². The van der Waals surface area contributed by atoms with Crippen LogP contribution in [0.1, 0.15) is 30.5 Å². The van der Waals surface area contributed by atoms with Crippen LogP contribution in [0.25, 0.3) is 0 Å². The van der Waals surface area contributed by atoms with E-state index in [1.807, 2.05) is 18.6 Å². The van der Waals surface area contributed by atoms with Crippen molar-refractivity contribution < 1.29 is 5.11 Å². The molecule has 0 aliphatic carbocycles. The van der Waals surface area contributed by atoms with Crippen molar-refractivity contribution in [3.63, 3.8) is 0 Å². The van der Waals surface area contributed by atoms with E-state index in [0.29, 0.717) is 17.9 Å². The van der Waals surface area contributed by atoms with Gasteiger partial charge in [-0.1, -0.05) is 0 Å². The smallest absolute Gasteiger partial charge is 0.0922 e. The van der Waals surface area contributed by atoms with Gasteiger partial charge < -0.3 is 10.1 Å². The Morgan fingerprint density at radius 1 is 1.04 bits per heavy atom. The highest BCUT2D eigenvalue weighted by Gasteiger charge is 2.44. The van der Waals surface area contributed by atoms with Gasteiger partial charge in [-0.25, -0.2) is 4.98 Å². The quantitative estimate of drug-likeness (QED) is 0.857. The second-order valence-electron chi connectivity index (χ2n) is 7.94. The number of hydrogen-bond donors (Lipinski definition) is 2. The number of nitrogens with zero attached hydrogens (tertiary/aromatic N) is 4. The number of pyridine rings is 1. The molecule has 0 radical (unpaired) electrons. The minimum atomic E-state index is 0.295. The molecule has 0 bridgehead atoms. The van der Waals surface area contributed by atoms with Gasteiger partial charge >= 0.3 is 0 Å². The van der Waals surface area contributed by atoms with Gasteiger partial charge in [0.2, 0.25) is 0 Å². The Morgan fingerprint density at radius 3 is 2.42 bits per heavy atom. The third-order valence-corrected chi connectivity index (χ3v) is 6.45. The number of likely N-dealkylation sites (tertiary alicyclic amines) is 2. The molecule has 2 saturated heterocycles. The van der Waals surface area contributed by atoms with Gasteiger partial charge in [-0.05, 0) is 62.0 Å². The van der Waals surface area contributed by atoms with Crippen molar-refractivity contribution in [1.29, 1.82) is 0 Å². The lowest BCUT2D eigenvalue weighted by Gasteiger charge is -2.51. The third kappa shape index (κ3) is 3.82. The summed E-state index contributed by atoms with van der Waals surface area (Å²) in [5.74, 6) is 0.377. The predicted octanol–water partition coefficient (Wildman–Crippen LogP) is 1.90. The zero-order chi connectivity index (χ0) is 17.8. The van der Waals surface area contributed by atoms with Crippen LogP contribution in [-0.2, 0) is 13.1 Å². The number of rotatable bonds is 5. The van der Waals surface area contributed by atoms with Crippen molar-refractivity contribution in [2.24, 2.45) is 11.3 Å². The highest BCUT2D eigenvalue weighted by molar-refractivity contribution is 5.10. The number of aromatic amines is 1. The maximum Gasteiger partial charge on any atom is 0.0922 e. The number of aromatic nitrogens is 3. The fourth-order valence-corrected chi connectivity index (χ4v) is 4.75. The first-order chi connectivity index (χ1) is 12.8. The molecule has 1 atom stereocenters. The number of imidazole rings is 1. The van der Waals surface area contributed by atoms with Gasteiger partial charge in [0.1, 0.15) is 0 Å². The van der Waals surface area contributed by atoms with E-state index >= 15 is 0 Å². The van der Waals surface area contributed by atoms with Gasteiger partial charge in [-0.15, -0.1) is 0 Å². The molecule has 1 unspecified atom stereocenters. The Balaban J connectivity index is 1.34. The number of nitrogens with one attached hydrogen (secondary N) is 1. The molecule has 2 aromatic heterocycles. The van der Waals surface area contributed by atoms with Crippen molar-refractivity contribution in [3.05, 3.63) is 48.3 Å². The zero-order valence-corrected chi connectivity index (χ0v) is 15.3. The molecule has 6 heteroatoms. The minimum absolute atomic E-state index is 0.295.